The Morgan fingerprint density at radius 2 is 1.48 bits per heavy atom. The highest BCUT2D eigenvalue weighted by molar-refractivity contribution is 6.01. The van der Waals surface area contributed by atoms with Crippen molar-refractivity contribution >= 4 is 11.7 Å². The van der Waals surface area contributed by atoms with Gasteiger partial charge in [-0.1, -0.05) is 0 Å². The Kier molecular flexibility index (Phi) is 6.02. The van der Waals surface area contributed by atoms with E-state index in [1.165, 1.54) is 16.7 Å². The first-order valence-electron chi connectivity index (χ1n) is 10.0. The smallest absolute Gasteiger partial charge is 0.253 e. The summed E-state index contributed by atoms with van der Waals surface area (Å²) in [6.07, 6.45) is 1.09. The Hall–Kier alpha value is -1.72. The number of nitrogens with one attached hydrogen (secondary N) is 1. The molecule has 0 saturated carbocycles. The first-order valence-corrected chi connectivity index (χ1v) is 10.0. The fraction of sp³-hybridized carbons (Fsp3) is 0.636. The third kappa shape index (κ3) is 3.81. The summed E-state index contributed by atoms with van der Waals surface area (Å²) in [5.41, 5.74) is 6.84. The topological polar surface area (TPSA) is 58.6 Å². The summed E-state index contributed by atoms with van der Waals surface area (Å²) in [7, 11) is 0. The second-order valence-electron chi connectivity index (χ2n) is 8.03. The zero-order valence-corrected chi connectivity index (χ0v) is 17.3. The van der Waals surface area contributed by atoms with Crippen molar-refractivity contribution in [3.63, 3.8) is 0 Å². The Labute approximate surface area is 162 Å². The standard InChI is InChI=1S/C22H32N2O3/c1-13-14(2)16(4)20(17(5)15(13)3)21(25)18-6-9-24(10-7-18)22(26)19-12-23-8-11-27-19/h18-19,23H,6-12H2,1-5H3/t19-/m0/s1. The number of ether oxygens (including phenoxy) is 1. The molecule has 2 saturated heterocycles. The normalized spacial score (nSPS) is 21.4. The van der Waals surface area contributed by atoms with Crippen molar-refractivity contribution in [2.75, 3.05) is 32.8 Å². The van der Waals surface area contributed by atoms with Gasteiger partial charge < -0.3 is 15.0 Å². The highest BCUT2D eigenvalue weighted by Gasteiger charge is 2.33. The Bertz CT molecular complexity index is 713. The van der Waals surface area contributed by atoms with Crippen LogP contribution in [0, 0.1) is 40.5 Å². The summed E-state index contributed by atoms with van der Waals surface area (Å²) in [5.74, 6) is 0.305. The van der Waals surface area contributed by atoms with Crippen LogP contribution >= 0.6 is 0 Å². The molecule has 0 unspecified atom stereocenters. The van der Waals surface area contributed by atoms with Gasteiger partial charge in [0.2, 0.25) is 0 Å². The number of hydrogen-bond donors (Lipinski definition) is 1. The van der Waals surface area contributed by atoms with Gasteiger partial charge in [-0.25, -0.2) is 0 Å². The first-order chi connectivity index (χ1) is 12.8. The van der Waals surface area contributed by atoms with Crippen LogP contribution in [0.1, 0.15) is 51.0 Å². The summed E-state index contributed by atoms with van der Waals surface area (Å²) in [5, 5.41) is 3.20. The van der Waals surface area contributed by atoms with E-state index < -0.39 is 0 Å². The molecule has 1 atom stereocenters. The molecule has 1 aromatic rings. The minimum atomic E-state index is -0.377. The van der Waals surface area contributed by atoms with Crippen LogP contribution in [0.25, 0.3) is 0 Å². The fourth-order valence-corrected chi connectivity index (χ4v) is 4.36. The molecule has 2 aliphatic heterocycles. The molecule has 1 amide bonds. The van der Waals surface area contributed by atoms with E-state index in [-0.39, 0.29) is 23.7 Å². The third-order valence-corrected chi connectivity index (χ3v) is 6.63. The maximum absolute atomic E-state index is 13.3. The molecule has 0 aliphatic carbocycles. The SMILES string of the molecule is Cc1c(C)c(C)c(C(=O)C2CCN(C(=O)[C@@H]3CNCCO3)CC2)c(C)c1C. The van der Waals surface area contributed by atoms with Gasteiger partial charge in [-0.3, -0.25) is 9.59 Å². The number of Topliss-reactive ketones (excluding diaryl/α,β-unsaturated/α-hetero) is 1. The van der Waals surface area contributed by atoms with E-state index in [9.17, 15) is 9.59 Å². The molecule has 2 heterocycles. The van der Waals surface area contributed by atoms with E-state index in [0.29, 0.717) is 26.2 Å². The predicted octanol–water partition coefficient (Wildman–Crippen LogP) is 2.64. The zero-order valence-electron chi connectivity index (χ0n) is 17.3. The number of hydrogen-bond acceptors (Lipinski definition) is 4. The predicted molar refractivity (Wildman–Crippen MR) is 106 cm³/mol. The molecule has 27 heavy (non-hydrogen) atoms. The molecule has 2 aliphatic rings. The van der Waals surface area contributed by atoms with Gasteiger partial charge in [0.15, 0.2) is 5.78 Å². The molecule has 3 rings (SSSR count). The van der Waals surface area contributed by atoms with Gasteiger partial charge in [-0.05, 0) is 75.3 Å². The number of carbonyl (C=O) groups excluding carboxylic acids is 2. The quantitative estimate of drug-likeness (QED) is 0.829. The van der Waals surface area contributed by atoms with Crippen molar-refractivity contribution in [2.24, 2.45) is 5.92 Å². The van der Waals surface area contributed by atoms with Gasteiger partial charge in [0, 0.05) is 37.7 Å². The van der Waals surface area contributed by atoms with Crippen LogP contribution in [-0.2, 0) is 9.53 Å². The second kappa shape index (κ2) is 8.11. The zero-order chi connectivity index (χ0) is 19.7. The Morgan fingerprint density at radius 1 is 0.926 bits per heavy atom. The van der Waals surface area contributed by atoms with E-state index in [4.69, 9.17) is 4.74 Å². The maximum atomic E-state index is 13.3. The lowest BCUT2D eigenvalue weighted by atomic mass is 9.81. The summed E-state index contributed by atoms with van der Waals surface area (Å²) in [4.78, 5) is 27.8. The van der Waals surface area contributed by atoms with Gasteiger partial charge in [0.05, 0.1) is 6.61 Å². The van der Waals surface area contributed by atoms with Gasteiger partial charge in [-0.15, -0.1) is 0 Å². The van der Waals surface area contributed by atoms with E-state index >= 15 is 0 Å². The van der Waals surface area contributed by atoms with Crippen LogP contribution in [0.15, 0.2) is 0 Å². The molecular weight excluding hydrogens is 340 g/mol. The summed E-state index contributed by atoms with van der Waals surface area (Å²) >= 11 is 0. The van der Waals surface area contributed by atoms with Crippen LogP contribution in [0.4, 0.5) is 0 Å². The van der Waals surface area contributed by atoms with Crippen LogP contribution in [0.2, 0.25) is 0 Å². The van der Waals surface area contributed by atoms with E-state index in [0.717, 1.165) is 36.1 Å². The molecule has 0 radical (unpaired) electrons. The average molecular weight is 373 g/mol. The number of ketones is 1. The molecule has 2 fully saturated rings. The fourth-order valence-electron chi connectivity index (χ4n) is 4.36. The number of rotatable bonds is 3. The summed E-state index contributed by atoms with van der Waals surface area (Å²) in [6, 6.07) is 0. The molecular formula is C22H32N2O3. The second-order valence-corrected chi connectivity index (χ2v) is 8.03. The number of morpholine rings is 1. The number of amides is 1. The minimum absolute atomic E-state index is 0.00152. The highest BCUT2D eigenvalue weighted by atomic mass is 16.5. The number of benzene rings is 1. The van der Waals surface area contributed by atoms with Gasteiger partial charge >= 0.3 is 0 Å². The van der Waals surface area contributed by atoms with Crippen molar-refractivity contribution < 1.29 is 14.3 Å². The Morgan fingerprint density at radius 3 is 2.00 bits per heavy atom. The molecule has 0 aromatic heterocycles. The molecule has 5 nitrogen and oxygen atoms in total. The molecule has 5 heteroatoms. The minimum Gasteiger partial charge on any atom is -0.366 e. The third-order valence-electron chi connectivity index (χ3n) is 6.63. The maximum Gasteiger partial charge on any atom is 0.253 e. The lowest BCUT2D eigenvalue weighted by Gasteiger charge is -2.35. The van der Waals surface area contributed by atoms with Crippen LogP contribution < -0.4 is 5.32 Å². The van der Waals surface area contributed by atoms with Crippen molar-refractivity contribution in [3.05, 3.63) is 33.4 Å². The molecule has 1 N–H and O–H groups in total. The molecule has 0 spiro atoms. The molecule has 148 valence electrons. The van der Waals surface area contributed by atoms with Crippen molar-refractivity contribution in [1.29, 1.82) is 0 Å². The lowest BCUT2D eigenvalue weighted by molar-refractivity contribution is -0.146. The summed E-state index contributed by atoms with van der Waals surface area (Å²) in [6.45, 7) is 13.7. The lowest BCUT2D eigenvalue weighted by Crippen LogP contribution is -2.51. The number of carbonyl (C=O) groups is 2. The monoisotopic (exact) mass is 372 g/mol. The van der Waals surface area contributed by atoms with Crippen molar-refractivity contribution in [3.8, 4) is 0 Å². The van der Waals surface area contributed by atoms with Gasteiger partial charge in [0.1, 0.15) is 6.10 Å². The van der Waals surface area contributed by atoms with E-state index in [1.54, 1.807) is 0 Å². The van der Waals surface area contributed by atoms with Crippen LogP contribution in [0.5, 0.6) is 0 Å². The number of likely N-dealkylation sites (tertiary alicyclic amines) is 1. The average Bonchev–Trinajstić information content (AvgIpc) is 2.71. The Balaban J connectivity index is 1.70. The van der Waals surface area contributed by atoms with Crippen LogP contribution in [0.3, 0.4) is 0 Å². The van der Waals surface area contributed by atoms with E-state index in [2.05, 4.69) is 39.9 Å². The number of piperidine rings is 1. The van der Waals surface area contributed by atoms with E-state index in [1.807, 2.05) is 4.90 Å². The first kappa shape index (κ1) is 20.0. The molecule has 1 aromatic carbocycles. The van der Waals surface area contributed by atoms with Gasteiger partial charge in [-0.2, -0.15) is 0 Å². The van der Waals surface area contributed by atoms with Crippen LogP contribution in [-0.4, -0.2) is 55.5 Å². The highest BCUT2D eigenvalue weighted by Crippen LogP contribution is 2.31. The van der Waals surface area contributed by atoms with Crippen molar-refractivity contribution in [2.45, 2.75) is 53.6 Å². The van der Waals surface area contributed by atoms with Crippen molar-refractivity contribution in [1.82, 2.24) is 10.2 Å². The molecule has 0 bridgehead atoms. The van der Waals surface area contributed by atoms with Gasteiger partial charge in [0.25, 0.3) is 5.91 Å². The largest absolute Gasteiger partial charge is 0.366 e. The summed E-state index contributed by atoms with van der Waals surface area (Å²) < 4.78 is 5.58. The number of nitrogens with zero attached hydrogens (tertiary/aromatic N) is 1.